The van der Waals surface area contributed by atoms with Crippen LogP contribution in [0.3, 0.4) is 0 Å². The van der Waals surface area contributed by atoms with Crippen molar-refractivity contribution in [3.8, 4) is 0 Å². The fourth-order valence-corrected chi connectivity index (χ4v) is 3.23. The molecule has 0 bridgehead atoms. The van der Waals surface area contributed by atoms with Crippen molar-refractivity contribution >= 4 is 11.9 Å². The van der Waals surface area contributed by atoms with Gasteiger partial charge in [0.25, 0.3) is 0 Å². The van der Waals surface area contributed by atoms with E-state index in [0.717, 1.165) is 31.6 Å². The Labute approximate surface area is 108 Å². The highest BCUT2D eigenvalue weighted by molar-refractivity contribution is 5.81. The van der Waals surface area contributed by atoms with Gasteiger partial charge in [0.15, 0.2) is 0 Å². The molecule has 0 aromatic heterocycles. The van der Waals surface area contributed by atoms with Crippen LogP contribution in [0.25, 0.3) is 0 Å². The highest BCUT2D eigenvalue weighted by Gasteiger charge is 2.39. The van der Waals surface area contributed by atoms with Gasteiger partial charge in [-0.1, -0.05) is 13.8 Å². The molecule has 1 N–H and O–H groups in total. The summed E-state index contributed by atoms with van der Waals surface area (Å²) in [6, 6.07) is 0. The second-order valence-corrected chi connectivity index (χ2v) is 6.12. The topological polar surface area (TPSA) is 57.6 Å². The molecular weight excluding hydrogens is 230 g/mol. The Balaban J connectivity index is 1.92. The van der Waals surface area contributed by atoms with Gasteiger partial charge in [-0.25, -0.2) is 0 Å². The Morgan fingerprint density at radius 2 is 1.67 bits per heavy atom. The monoisotopic (exact) mass is 253 g/mol. The van der Waals surface area contributed by atoms with Crippen molar-refractivity contribution in [1.82, 2.24) is 4.90 Å². The standard InChI is InChI=1S/C14H23NO3/c1-9-3-5-11(6-4-9)13(16)15-7-10(2)12(8-15)14(17)18/h9-12H,3-8H2,1-2H3,(H,17,18)/t9?,10-,11?,12-/m1/s1. The lowest BCUT2D eigenvalue weighted by Crippen LogP contribution is -2.36. The normalized spacial score (nSPS) is 36.7. The van der Waals surface area contributed by atoms with Crippen LogP contribution in [0.2, 0.25) is 0 Å². The van der Waals surface area contributed by atoms with Crippen LogP contribution in [0.1, 0.15) is 39.5 Å². The van der Waals surface area contributed by atoms with Gasteiger partial charge >= 0.3 is 5.97 Å². The third kappa shape index (κ3) is 2.68. The lowest BCUT2D eigenvalue weighted by molar-refractivity contribution is -0.142. The summed E-state index contributed by atoms with van der Waals surface area (Å²) in [6.45, 7) is 5.18. The molecule has 1 aliphatic carbocycles. The number of amides is 1. The number of hydrogen-bond acceptors (Lipinski definition) is 2. The molecule has 0 spiro atoms. The van der Waals surface area contributed by atoms with Crippen LogP contribution in [0, 0.1) is 23.7 Å². The van der Waals surface area contributed by atoms with Crippen LogP contribution < -0.4 is 0 Å². The molecule has 4 nitrogen and oxygen atoms in total. The predicted molar refractivity (Wildman–Crippen MR) is 68.0 cm³/mol. The maximum atomic E-state index is 12.4. The van der Waals surface area contributed by atoms with Gasteiger partial charge in [0.2, 0.25) is 5.91 Å². The molecule has 4 heteroatoms. The van der Waals surface area contributed by atoms with Crippen LogP contribution in [0.15, 0.2) is 0 Å². The van der Waals surface area contributed by atoms with Gasteiger partial charge in [-0.3, -0.25) is 9.59 Å². The molecule has 1 saturated heterocycles. The van der Waals surface area contributed by atoms with Crippen molar-refractivity contribution in [2.45, 2.75) is 39.5 Å². The maximum Gasteiger partial charge on any atom is 0.308 e. The van der Waals surface area contributed by atoms with Crippen molar-refractivity contribution in [2.75, 3.05) is 13.1 Å². The molecule has 2 atom stereocenters. The highest BCUT2D eigenvalue weighted by Crippen LogP contribution is 2.32. The van der Waals surface area contributed by atoms with E-state index in [4.69, 9.17) is 5.11 Å². The molecule has 2 rings (SSSR count). The Morgan fingerprint density at radius 1 is 1.06 bits per heavy atom. The van der Waals surface area contributed by atoms with Crippen molar-refractivity contribution < 1.29 is 14.7 Å². The minimum Gasteiger partial charge on any atom is -0.481 e. The molecule has 0 aromatic carbocycles. The largest absolute Gasteiger partial charge is 0.481 e. The van der Waals surface area contributed by atoms with E-state index in [2.05, 4.69) is 6.92 Å². The van der Waals surface area contributed by atoms with E-state index in [1.807, 2.05) is 6.92 Å². The lowest BCUT2D eigenvalue weighted by atomic mass is 9.82. The maximum absolute atomic E-state index is 12.4. The molecule has 0 aromatic rings. The number of carboxylic acids is 1. The molecule has 2 aliphatic rings. The quantitative estimate of drug-likeness (QED) is 0.818. The van der Waals surface area contributed by atoms with Crippen molar-refractivity contribution in [3.05, 3.63) is 0 Å². The highest BCUT2D eigenvalue weighted by atomic mass is 16.4. The van der Waals surface area contributed by atoms with Crippen LogP contribution >= 0.6 is 0 Å². The number of hydrogen-bond donors (Lipinski definition) is 1. The first-order valence-corrected chi connectivity index (χ1v) is 7.00. The molecule has 1 amide bonds. The number of carboxylic acid groups (broad SMARTS) is 1. The van der Waals surface area contributed by atoms with Gasteiger partial charge in [0.05, 0.1) is 5.92 Å². The summed E-state index contributed by atoms with van der Waals surface area (Å²) in [5, 5.41) is 9.09. The van der Waals surface area contributed by atoms with E-state index in [0.29, 0.717) is 13.1 Å². The minimum atomic E-state index is -0.768. The van der Waals surface area contributed by atoms with E-state index in [1.165, 1.54) is 0 Å². The lowest BCUT2D eigenvalue weighted by Gasteiger charge is -2.29. The number of carbonyl (C=O) groups excluding carboxylic acids is 1. The summed E-state index contributed by atoms with van der Waals surface area (Å²) in [7, 11) is 0. The summed E-state index contributed by atoms with van der Waals surface area (Å²) in [6.07, 6.45) is 4.20. The second kappa shape index (κ2) is 5.29. The van der Waals surface area contributed by atoms with Gasteiger partial charge in [-0.15, -0.1) is 0 Å². The Hall–Kier alpha value is -1.06. The number of likely N-dealkylation sites (tertiary alicyclic amines) is 1. The van der Waals surface area contributed by atoms with Gasteiger partial charge in [0.1, 0.15) is 0 Å². The third-order valence-electron chi connectivity index (χ3n) is 4.61. The van der Waals surface area contributed by atoms with Crippen molar-refractivity contribution in [2.24, 2.45) is 23.7 Å². The van der Waals surface area contributed by atoms with Crippen LogP contribution in [0.5, 0.6) is 0 Å². The molecule has 1 aliphatic heterocycles. The first-order chi connectivity index (χ1) is 8.49. The number of aliphatic carboxylic acids is 1. The van der Waals surface area contributed by atoms with Crippen LogP contribution in [-0.2, 0) is 9.59 Å². The molecule has 1 saturated carbocycles. The summed E-state index contributed by atoms with van der Waals surface area (Å²) in [5.41, 5.74) is 0. The Kier molecular flexibility index (Phi) is 3.93. The predicted octanol–water partition coefficient (Wildman–Crippen LogP) is 1.99. The first-order valence-electron chi connectivity index (χ1n) is 7.00. The van der Waals surface area contributed by atoms with Crippen molar-refractivity contribution in [1.29, 1.82) is 0 Å². The summed E-state index contributed by atoms with van der Waals surface area (Å²) in [5.74, 6) is -0.00254. The average Bonchev–Trinajstić information content (AvgIpc) is 2.71. The minimum absolute atomic E-state index is 0.0777. The van der Waals surface area contributed by atoms with Crippen LogP contribution in [0.4, 0.5) is 0 Å². The fourth-order valence-electron chi connectivity index (χ4n) is 3.23. The van der Waals surface area contributed by atoms with Gasteiger partial charge < -0.3 is 10.0 Å². The first kappa shape index (κ1) is 13.4. The van der Waals surface area contributed by atoms with Gasteiger partial charge in [-0.2, -0.15) is 0 Å². The van der Waals surface area contributed by atoms with E-state index < -0.39 is 5.97 Å². The van der Waals surface area contributed by atoms with E-state index in [1.54, 1.807) is 4.90 Å². The third-order valence-corrected chi connectivity index (χ3v) is 4.61. The Bertz CT molecular complexity index is 334. The number of carbonyl (C=O) groups is 2. The number of nitrogens with zero attached hydrogens (tertiary/aromatic N) is 1. The Morgan fingerprint density at radius 3 is 2.17 bits per heavy atom. The van der Waals surface area contributed by atoms with Gasteiger partial charge in [0, 0.05) is 19.0 Å². The second-order valence-electron chi connectivity index (χ2n) is 6.12. The zero-order valence-electron chi connectivity index (χ0n) is 11.3. The fraction of sp³-hybridized carbons (Fsp3) is 0.857. The molecule has 2 fully saturated rings. The molecule has 102 valence electrons. The molecular formula is C14H23NO3. The summed E-state index contributed by atoms with van der Waals surface area (Å²) >= 11 is 0. The van der Waals surface area contributed by atoms with E-state index in [-0.39, 0.29) is 23.7 Å². The summed E-state index contributed by atoms with van der Waals surface area (Å²) < 4.78 is 0. The zero-order valence-corrected chi connectivity index (χ0v) is 11.3. The summed E-state index contributed by atoms with van der Waals surface area (Å²) in [4.78, 5) is 25.2. The molecule has 0 unspecified atom stereocenters. The zero-order chi connectivity index (χ0) is 13.3. The van der Waals surface area contributed by atoms with E-state index >= 15 is 0 Å². The number of rotatable bonds is 2. The SMILES string of the molecule is CC1CCC(C(=O)N2C[C@@H](C)[C@H](C(=O)O)C2)CC1. The average molecular weight is 253 g/mol. The van der Waals surface area contributed by atoms with Crippen molar-refractivity contribution in [3.63, 3.8) is 0 Å². The molecule has 0 radical (unpaired) electrons. The van der Waals surface area contributed by atoms with Crippen LogP contribution in [-0.4, -0.2) is 35.0 Å². The smallest absolute Gasteiger partial charge is 0.308 e. The molecule has 1 heterocycles. The van der Waals surface area contributed by atoms with Gasteiger partial charge in [-0.05, 0) is 37.5 Å². The molecule has 18 heavy (non-hydrogen) atoms. The van der Waals surface area contributed by atoms with E-state index in [9.17, 15) is 9.59 Å².